The lowest BCUT2D eigenvalue weighted by Gasteiger charge is -2.36. The first-order valence-electron chi connectivity index (χ1n) is 9.76. The Labute approximate surface area is 189 Å². The zero-order chi connectivity index (χ0) is 23.8. The van der Waals surface area contributed by atoms with Gasteiger partial charge in [0.25, 0.3) is 5.69 Å². The van der Waals surface area contributed by atoms with E-state index in [0.717, 1.165) is 22.4 Å². The van der Waals surface area contributed by atoms with E-state index in [1.807, 2.05) is 4.90 Å². The minimum absolute atomic E-state index is 0.00131. The molecule has 10 nitrogen and oxygen atoms in total. The average molecular weight is 484 g/mol. The largest absolute Gasteiger partial charge is 0.417 e. The topological polar surface area (TPSA) is 109 Å². The third-order valence-electron chi connectivity index (χ3n) is 5.25. The Morgan fingerprint density at radius 1 is 1.15 bits per heavy atom. The van der Waals surface area contributed by atoms with Gasteiger partial charge in [0.1, 0.15) is 0 Å². The lowest BCUT2D eigenvalue weighted by atomic mass is 10.2. The first-order chi connectivity index (χ1) is 15.6. The number of urea groups is 1. The maximum Gasteiger partial charge on any atom is 0.417 e. The van der Waals surface area contributed by atoms with E-state index in [2.05, 4.69) is 15.5 Å². The first-order valence-corrected chi connectivity index (χ1v) is 10.1. The van der Waals surface area contributed by atoms with Crippen molar-refractivity contribution in [1.82, 2.24) is 24.8 Å². The molecule has 0 saturated carbocycles. The molecule has 1 aromatic carbocycles. The van der Waals surface area contributed by atoms with Crippen LogP contribution in [0.3, 0.4) is 0 Å². The Bertz CT molecular complexity index is 1190. The maximum absolute atomic E-state index is 13.1. The number of hydrogen-bond donors (Lipinski definition) is 1. The number of carbonyl (C=O) groups excluding carboxylic acids is 1. The van der Waals surface area contributed by atoms with E-state index >= 15 is 0 Å². The Hall–Kier alpha value is -3.61. The molecule has 1 N–H and O–H groups in total. The number of amides is 2. The highest BCUT2D eigenvalue weighted by atomic mass is 35.5. The molecule has 174 valence electrons. The van der Waals surface area contributed by atoms with Gasteiger partial charge in [-0.1, -0.05) is 11.6 Å². The Morgan fingerprint density at radius 2 is 1.82 bits per heavy atom. The minimum Gasteiger partial charge on any atom is -0.368 e. The molecule has 1 aliphatic heterocycles. The van der Waals surface area contributed by atoms with Crippen LogP contribution < -0.4 is 10.2 Å². The third-order valence-corrected chi connectivity index (χ3v) is 5.53. The molecule has 0 radical (unpaired) electrons. The lowest BCUT2D eigenvalue weighted by Crippen LogP contribution is -2.51. The summed E-state index contributed by atoms with van der Waals surface area (Å²) in [6.07, 6.45) is -3.75. The number of anilines is 1. The van der Waals surface area contributed by atoms with Crippen LogP contribution in [0.2, 0.25) is 5.02 Å². The molecular weight excluding hydrogens is 467 g/mol. The third kappa shape index (κ3) is 4.77. The Morgan fingerprint density at radius 3 is 2.42 bits per heavy atom. The van der Waals surface area contributed by atoms with Crippen LogP contribution in [0.4, 0.5) is 29.3 Å². The summed E-state index contributed by atoms with van der Waals surface area (Å²) in [6, 6.07) is 6.54. The number of aromatic nitrogens is 3. The Kier molecular flexibility index (Phi) is 5.97. The van der Waals surface area contributed by atoms with Crippen LogP contribution in [0, 0.1) is 10.1 Å². The van der Waals surface area contributed by atoms with E-state index in [1.165, 1.54) is 12.1 Å². The van der Waals surface area contributed by atoms with Crippen LogP contribution in [0.1, 0.15) is 11.4 Å². The van der Waals surface area contributed by atoms with Gasteiger partial charge in [-0.15, -0.1) is 10.2 Å². The van der Waals surface area contributed by atoms with Crippen molar-refractivity contribution in [2.24, 2.45) is 0 Å². The maximum atomic E-state index is 13.1. The summed E-state index contributed by atoms with van der Waals surface area (Å²) in [4.78, 5) is 26.4. The minimum atomic E-state index is -4.59. The van der Waals surface area contributed by atoms with Crippen LogP contribution in [-0.2, 0) is 12.7 Å². The number of rotatable bonds is 4. The smallest absolute Gasteiger partial charge is 0.368 e. The van der Waals surface area contributed by atoms with Crippen LogP contribution in [0.25, 0.3) is 5.65 Å². The monoisotopic (exact) mass is 483 g/mol. The summed E-state index contributed by atoms with van der Waals surface area (Å²) < 4.78 is 40.3. The van der Waals surface area contributed by atoms with Gasteiger partial charge in [0.05, 0.1) is 22.1 Å². The lowest BCUT2D eigenvalue weighted by molar-refractivity contribution is -0.384. The number of benzene rings is 1. The number of pyridine rings is 1. The number of nitro groups is 1. The fourth-order valence-corrected chi connectivity index (χ4v) is 3.74. The van der Waals surface area contributed by atoms with E-state index < -0.39 is 22.7 Å². The summed E-state index contributed by atoms with van der Waals surface area (Å²) in [5.74, 6) is 0.107. The van der Waals surface area contributed by atoms with Crippen LogP contribution in [0.15, 0.2) is 36.5 Å². The number of piperazine rings is 1. The number of alkyl halides is 3. The molecule has 0 unspecified atom stereocenters. The van der Waals surface area contributed by atoms with Crippen molar-refractivity contribution < 1.29 is 22.9 Å². The second-order valence-electron chi connectivity index (χ2n) is 7.29. The molecule has 33 heavy (non-hydrogen) atoms. The molecule has 0 spiro atoms. The summed E-state index contributed by atoms with van der Waals surface area (Å²) in [5.41, 5.74) is -0.0743. The molecular formula is C19H17ClF3N7O3. The average Bonchev–Trinajstić information content (AvgIpc) is 3.21. The van der Waals surface area contributed by atoms with Crippen LogP contribution >= 0.6 is 11.6 Å². The van der Waals surface area contributed by atoms with E-state index in [9.17, 15) is 28.1 Å². The number of non-ortho nitro benzene ring substituents is 1. The number of nitro benzene ring substituents is 1. The predicted octanol–water partition coefficient (Wildman–Crippen LogP) is 3.34. The number of carbonyl (C=O) groups is 1. The number of hydrogen-bond acceptors (Lipinski definition) is 6. The second-order valence-corrected chi connectivity index (χ2v) is 7.70. The summed E-state index contributed by atoms with van der Waals surface area (Å²) in [5, 5.41) is 20.9. The molecule has 3 heterocycles. The van der Waals surface area contributed by atoms with Gasteiger partial charge >= 0.3 is 12.2 Å². The molecule has 2 amide bonds. The van der Waals surface area contributed by atoms with Crippen molar-refractivity contribution in [3.63, 3.8) is 0 Å². The highest BCUT2D eigenvalue weighted by molar-refractivity contribution is 6.33. The van der Waals surface area contributed by atoms with Gasteiger partial charge in [0, 0.05) is 50.2 Å². The van der Waals surface area contributed by atoms with E-state index in [1.54, 1.807) is 17.0 Å². The fourth-order valence-electron chi connectivity index (χ4n) is 3.49. The highest BCUT2D eigenvalue weighted by Gasteiger charge is 2.32. The zero-order valence-electron chi connectivity index (χ0n) is 16.9. The molecule has 3 aromatic rings. The van der Waals surface area contributed by atoms with Crippen molar-refractivity contribution in [2.75, 3.05) is 31.1 Å². The molecule has 1 fully saturated rings. The van der Waals surface area contributed by atoms with Crippen molar-refractivity contribution in [3.8, 4) is 0 Å². The molecule has 4 rings (SSSR count). The van der Waals surface area contributed by atoms with Crippen LogP contribution in [0.5, 0.6) is 0 Å². The van der Waals surface area contributed by atoms with Gasteiger partial charge < -0.3 is 15.1 Å². The summed E-state index contributed by atoms with van der Waals surface area (Å²) in [6.45, 7) is 1.69. The molecule has 0 aliphatic carbocycles. The number of nitrogens with one attached hydrogen (secondary N) is 1. The molecule has 1 aliphatic rings. The zero-order valence-corrected chi connectivity index (χ0v) is 17.7. The highest BCUT2D eigenvalue weighted by Crippen LogP contribution is 2.32. The molecule has 0 bridgehead atoms. The molecule has 1 saturated heterocycles. The van der Waals surface area contributed by atoms with E-state index in [-0.39, 0.29) is 28.7 Å². The van der Waals surface area contributed by atoms with Gasteiger partial charge in [-0.2, -0.15) is 13.2 Å². The van der Waals surface area contributed by atoms with Gasteiger partial charge in [0.15, 0.2) is 11.5 Å². The number of nitrogens with zero attached hydrogens (tertiary/aromatic N) is 6. The number of halogens is 4. The van der Waals surface area contributed by atoms with Gasteiger partial charge in [-0.05, 0) is 18.2 Å². The van der Waals surface area contributed by atoms with Gasteiger partial charge in [-0.25, -0.2) is 4.79 Å². The first kappa shape index (κ1) is 22.6. The summed E-state index contributed by atoms with van der Waals surface area (Å²) in [7, 11) is 0. The van der Waals surface area contributed by atoms with Crippen molar-refractivity contribution in [3.05, 3.63) is 63.1 Å². The van der Waals surface area contributed by atoms with Crippen LogP contribution in [-0.4, -0.2) is 56.6 Å². The summed E-state index contributed by atoms with van der Waals surface area (Å²) >= 11 is 5.90. The standard InChI is InChI=1S/C19H17ClF3N7O3/c20-15-9-12(19(21,22)23)11-29-16(25-26-17(15)29)10-24-18(31)28-7-5-27(6-8-28)13-1-3-14(4-2-13)30(32)33/h1-4,9,11H,5-8,10H2,(H,24,31). The van der Waals surface area contributed by atoms with Gasteiger partial charge in [-0.3, -0.25) is 14.5 Å². The molecule has 0 atom stereocenters. The predicted molar refractivity (Wildman–Crippen MR) is 112 cm³/mol. The van der Waals surface area contributed by atoms with Crippen molar-refractivity contribution in [2.45, 2.75) is 12.7 Å². The van der Waals surface area contributed by atoms with E-state index in [4.69, 9.17) is 11.6 Å². The second kappa shape index (κ2) is 8.73. The SMILES string of the molecule is O=C(NCc1nnc2c(Cl)cc(C(F)(F)F)cn12)N1CCN(c2ccc([N+](=O)[O-])cc2)CC1. The molecule has 2 aromatic heterocycles. The quantitative estimate of drug-likeness (QED) is 0.450. The normalized spacial score (nSPS) is 14.5. The van der Waals surface area contributed by atoms with Crippen molar-refractivity contribution in [1.29, 1.82) is 0 Å². The fraction of sp³-hybridized carbons (Fsp3) is 0.316. The Balaban J connectivity index is 1.37. The molecule has 14 heteroatoms. The van der Waals surface area contributed by atoms with E-state index in [0.29, 0.717) is 26.2 Å². The van der Waals surface area contributed by atoms with Crippen molar-refractivity contribution >= 4 is 34.7 Å². The number of fused-ring (bicyclic) bond motifs is 1. The van der Waals surface area contributed by atoms with Gasteiger partial charge in [0.2, 0.25) is 0 Å².